The van der Waals surface area contributed by atoms with Gasteiger partial charge >= 0.3 is 5.97 Å². The SMILES string of the molecule is CCOC(=O)CCN(C(=O)CBr)c1ccccc1. The number of anilines is 1. The van der Waals surface area contributed by atoms with Crippen molar-refractivity contribution in [3.63, 3.8) is 0 Å². The van der Waals surface area contributed by atoms with Crippen LogP contribution in [0.15, 0.2) is 30.3 Å². The molecule has 0 spiro atoms. The molecule has 0 N–H and O–H groups in total. The van der Waals surface area contributed by atoms with Crippen molar-refractivity contribution in [1.29, 1.82) is 0 Å². The lowest BCUT2D eigenvalue weighted by molar-refractivity contribution is -0.142. The van der Waals surface area contributed by atoms with Gasteiger partial charge in [-0.15, -0.1) is 0 Å². The van der Waals surface area contributed by atoms with Gasteiger partial charge in [-0.2, -0.15) is 0 Å². The van der Waals surface area contributed by atoms with Crippen molar-refractivity contribution in [1.82, 2.24) is 0 Å². The van der Waals surface area contributed by atoms with Gasteiger partial charge in [0.2, 0.25) is 5.91 Å². The molecule has 0 fully saturated rings. The molecule has 0 aliphatic carbocycles. The summed E-state index contributed by atoms with van der Waals surface area (Å²) in [5, 5.41) is 0.227. The van der Waals surface area contributed by atoms with Crippen molar-refractivity contribution in [3.05, 3.63) is 30.3 Å². The Balaban J connectivity index is 2.69. The first-order valence-electron chi connectivity index (χ1n) is 5.76. The molecule has 0 saturated carbocycles. The van der Waals surface area contributed by atoms with Crippen LogP contribution in [0.3, 0.4) is 0 Å². The van der Waals surface area contributed by atoms with Gasteiger partial charge in [-0.25, -0.2) is 0 Å². The van der Waals surface area contributed by atoms with Crippen LogP contribution in [0.2, 0.25) is 0 Å². The minimum atomic E-state index is -0.291. The Morgan fingerprint density at radius 3 is 2.50 bits per heavy atom. The summed E-state index contributed by atoms with van der Waals surface area (Å²) in [5.41, 5.74) is 0.784. The van der Waals surface area contributed by atoms with E-state index < -0.39 is 0 Å². The maximum atomic E-state index is 11.8. The lowest BCUT2D eigenvalue weighted by Crippen LogP contribution is -2.34. The van der Waals surface area contributed by atoms with Crippen LogP contribution in [-0.4, -0.2) is 30.4 Å². The van der Waals surface area contributed by atoms with E-state index in [0.717, 1.165) is 5.69 Å². The standard InChI is InChI=1S/C13H16BrNO3/c1-2-18-13(17)8-9-15(12(16)10-14)11-6-4-3-5-7-11/h3-7H,2,8-10H2,1H3. The third-order valence-electron chi connectivity index (χ3n) is 2.33. The van der Waals surface area contributed by atoms with Crippen LogP contribution in [0, 0.1) is 0 Å². The zero-order chi connectivity index (χ0) is 13.4. The van der Waals surface area contributed by atoms with E-state index in [2.05, 4.69) is 15.9 Å². The fourth-order valence-electron chi connectivity index (χ4n) is 1.51. The molecule has 1 rings (SSSR count). The first kappa shape index (κ1) is 14.7. The van der Waals surface area contributed by atoms with Crippen LogP contribution in [0.1, 0.15) is 13.3 Å². The van der Waals surface area contributed by atoms with E-state index in [-0.39, 0.29) is 23.6 Å². The summed E-state index contributed by atoms with van der Waals surface area (Å²) in [6.45, 7) is 2.44. The van der Waals surface area contributed by atoms with Gasteiger partial charge in [0.15, 0.2) is 0 Å². The normalized spacial score (nSPS) is 9.89. The average Bonchev–Trinajstić information content (AvgIpc) is 2.40. The number of esters is 1. The summed E-state index contributed by atoms with van der Waals surface area (Å²) in [4.78, 5) is 24.7. The number of benzene rings is 1. The van der Waals surface area contributed by atoms with Gasteiger partial charge in [0, 0.05) is 12.2 Å². The first-order chi connectivity index (χ1) is 8.69. The fourth-order valence-corrected chi connectivity index (χ4v) is 1.82. The summed E-state index contributed by atoms with van der Waals surface area (Å²) in [7, 11) is 0. The number of nitrogens with zero attached hydrogens (tertiary/aromatic N) is 1. The molecule has 0 aliphatic heterocycles. The molecule has 18 heavy (non-hydrogen) atoms. The third-order valence-corrected chi connectivity index (χ3v) is 2.81. The Labute approximate surface area is 115 Å². The van der Waals surface area contributed by atoms with E-state index in [4.69, 9.17) is 4.74 Å². The van der Waals surface area contributed by atoms with E-state index >= 15 is 0 Å². The smallest absolute Gasteiger partial charge is 0.307 e. The molecular weight excluding hydrogens is 298 g/mol. The molecule has 0 unspecified atom stereocenters. The highest BCUT2D eigenvalue weighted by Gasteiger charge is 2.15. The summed E-state index contributed by atoms with van der Waals surface area (Å²) in [6, 6.07) is 9.27. The molecule has 0 bridgehead atoms. The second-order valence-electron chi connectivity index (χ2n) is 3.57. The second kappa shape index (κ2) is 7.87. The van der Waals surface area contributed by atoms with Gasteiger partial charge in [-0.3, -0.25) is 9.59 Å². The molecular formula is C13H16BrNO3. The van der Waals surface area contributed by atoms with Crippen LogP contribution in [0.5, 0.6) is 0 Å². The van der Waals surface area contributed by atoms with Gasteiger partial charge in [-0.05, 0) is 19.1 Å². The van der Waals surface area contributed by atoms with E-state index in [1.54, 1.807) is 11.8 Å². The second-order valence-corrected chi connectivity index (χ2v) is 4.13. The molecule has 98 valence electrons. The molecule has 5 heteroatoms. The van der Waals surface area contributed by atoms with Crippen LogP contribution < -0.4 is 4.90 Å². The van der Waals surface area contributed by atoms with Crippen molar-refractivity contribution in [3.8, 4) is 0 Å². The van der Waals surface area contributed by atoms with E-state index in [9.17, 15) is 9.59 Å². The number of carbonyl (C=O) groups is 2. The molecule has 0 atom stereocenters. The lowest BCUT2D eigenvalue weighted by atomic mass is 10.2. The van der Waals surface area contributed by atoms with Crippen molar-refractivity contribution in [2.24, 2.45) is 0 Å². The van der Waals surface area contributed by atoms with Crippen molar-refractivity contribution in [2.45, 2.75) is 13.3 Å². The average molecular weight is 314 g/mol. The number of para-hydroxylation sites is 1. The highest BCUT2D eigenvalue weighted by molar-refractivity contribution is 9.09. The zero-order valence-corrected chi connectivity index (χ0v) is 11.9. The zero-order valence-electron chi connectivity index (χ0n) is 10.3. The summed E-state index contributed by atoms with van der Waals surface area (Å²) in [5.74, 6) is -0.369. The minimum Gasteiger partial charge on any atom is -0.466 e. The van der Waals surface area contributed by atoms with Gasteiger partial charge in [0.25, 0.3) is 0 Å². The van der Waals surface area contributed by atoms with Crippen LogP contribution in [0.4, 0.5) is 5.69 Å². The van der Waals surface area contributed by atoms with Crippen molar-refractivity contribution in [2.75, 3.05) is 23.4 Å². The number of rotatable bonds is 6. The van der Waals surface area contributed by atoms with E-state index in [1.165, 1.54) is 0 Å². The molecule has 1 aromatic carbocycles. The molecule has 0 aromatic heterocycles. The fraction of sp³-hybridized carbons (Fsp3) is 0.385. The predicted octanol–water partition coefficient (Wildman–Crippen LogP) is 2.37. The van der Waals surface area contributed by atoms with E-state index in [1.807, 2.05) is 30.3 Å². The number of alkyl halides is 1. The summed E-state index contributed by atoms with van der Waals surface area (Å²) in [6.07, 6.45) is 0.196. The quantitative estimate of drug-likeness (QED) is 0.598. The third kappa shape index (κ3) is 4.49. The number of halogens is 1. The van der Waals surface area contributed by atoms with Gasteiger partial charge < -0.3 is 9.64 Å². The largest absolute Gasteiger partial charge is 0.466 e. The summed E-state index contributed by atoms with van der Waals surface area (Å²) >= 11 is 3.14. The number of ether oxygens (including phenoxy) is 1. The Morgan fingerprint density at radius 2 is 1.94 bits per heavy atom. The van der Waals surface area contributed by atoms with E-state index in [0.29, 0.717) is 13.2 Å². The Bertz CT molecular complexity index is 394. The maximum Gasteiger partial charge on any atom is 0.307 e. The van der Waals surface area contributed by atoms with Crippen LogP contribution in [-0.2, 0) is 14.3 Å². The van der Waals surface area contributed by atoms with Gasteiger partial charge in [-0.1, -0.05) is 34.1 Å². The van der Waals surface area contributed by atoms with Gasteiger partial charge in [0.1, 0.15) is 0 Å². The Morgan fingerprint density at radius 1 is 1.28 bits per heavy atom. The molecule has 0 aliphatic rings. The Kier molecular flexibility index (Phi) is 6.43. The molecule has 0 radical (unpaired) electrons. The molecule has 1 amide bonds. The monoisotopic (exact) mass is 313 g/mol. The van der Waals surface area contributed by atoms with Gasteiger partial charge in [0.05, 0.1) is 18.4 Å². The topological polar surface area (TPSA) is 46.6 Å². The number of amides is 1. The predicted molar refractivity (Wildman–Crippen MR) is 73.8 cm³/mol. The number of carbonyl (C=O) groups excluding carboxylic acids is 2. The first-order valence-corrected chi connectivity index (χ1v) is 6.88. The van der Waals surface area contributed by atoms with Crippen LogP contribution >= 0.6 is 15.9 Å². The Hall–Kier alpha value is -1.36. The lowest BCUT2D eigenvalue weighted by Gasteiger charge is -2.21. The highest BCUT2D eigenvalue weighted by Crippen LogP contribution is 2.14. The van der Waals surface area contributed by atoms with Crippen LogP contribution in [0.25, 0.3) is 0 Å². The number of hydrogen-bond acceptors (Lipinski definition) is 3. The highest BCUT2D eigenvalue weighted by atomic mass is 79.9. The minimum absolute atomic E-state index is 0.0782. The number of hydrogen-bond donors (Lipinski definition) is 0. The molecule has 0 saturated heterocycles. The van der Waals surface area contributed by atoms with Crippen molar-refractivity contribution < 1.29 is 14.3 Å². The molecule has 0 heterocycles. The van der Waals surface area contributed by atoms with Crippen molar-refractivity contribution >= 4 is 33.5 Å². The molecule has 1 aromatic rings. The molecule has 4 nitrogen and oxygen atoms in total. The maximum absolute atomic E-state index is 11.8. The summed E-state index contributed by atoms with van der Waals surface area (Å²) < 4.78 is 4.85.